The molecule has 1 aliphatic rings. The Bertz CT molecular complexity index is 1080. The molecule has 3 heterocycles. The van der Waals surface area contributed by atoms with Gasteiger partial charge >= 0.3 is 0 Å². The van der Waals surface area contributed by atoms with Gasteiger partial charge in [0.2, 0.25) is 0 Å². The number of hydrogen-bond donors (Lipinski definition) is 1. The number of rotatable bonds is 6. The second kappa shape index (κ2) is 8.28. The van der Waals surface area contributed by atoms with Crippen molar-refractivity contribution >= 4 is 17.4 Å². The number of aliphatic hydroxyl groups is 1. The lowest BCUT2D eigenvalue weighted by atomic mass is 9.98. The molecule has 30 heavy (non-hydrogen) atoms. The molecule has 1 atom stereocenters. The molecule has 0 unspecified atom stereocenters. The van der Waals surface area contributed by atoms with E-state index in [-0.39, 0.29) is 16.9 Å². The van der Waals surface area contributed by atoms with Crippen molar-refractivity contribution in [3.8, 4) is 0 Å². The van der Waals surface area contributed by atoms with Crippen LogP contribution in [-0.4, -0.2) is 42.8 Å². The molecule has 7 nitrogen and oxygen atoms in total. The fraction of sp³-hybridized carbons (Fsp3) is 0.182. The quantitative estimate of drug-likeness (QED) is 0.386. The normalized spacial score (nSPS) is 18.2. The van der Waals surface area contributed by atoms with Crippen LogP contribution in [0.2, 0.25) is 0 Å². The van der Waals surface area contributed by atoms with Crippen LogP contribution in [0.5, 0.6) is 0 Å². The van der Waals surface area contributed by atoms with Gasteiger partial charge in [-0.2, -0.15) is 0 Å². The predicted molar refractivity (Wildman–Crippen MR) is 106 cm³/mol. The van der Waals surface area contributed by atoms with E-state index >= 15 is 0 Å². The monoisotopic (exact) mass is 406 g/mol. The lowest BCUT2D eigenvalue weighted by Crippen LogP contribution is -2.31. The van der Waals surface area contributed by atoms with Crippen LogP contribution in [0.1, 0.15) is 23.7 Å². The van der Waals surface area contributed by atoms with E-state index in [0.717, 1.165) is 0 Å². The molecule has 1 N–H and O–H groups in total. The highest BCUT2D eigenvalue weighted by molar-refractivity contribution is 6.46. The Labute approximate surface area is 172 Å². The number of pyridine rings is 1. The highest BCUT2D eigenvalue weighted by Gasteiger charge is 2.46. The molecular weight excluding hydrogens is 387 g/mol. The number of benzene rings is 1. The lowest BCUT2D eigenvalue weighted by Gasteiger charge is -2.24. The number of hydrogen-bond acceptors (Lipinski definition) is 5. The minimum Gasteiger partial charge on any atom is -0.507 e. The topological polar surface area (TPSA) is 88.3 Å². The summed E-state index contributed by atoms with van der Waals surface area (Å²) in [5.41, 5.74) is 0.685. The number of likely N-dealkylation sites (tertiary alicyclic amines) is 1. The Balaban J connectivity index is 1.71. The Kier molecular flexibility index (Phi) is 5.38. The van der Waals surface area contributed by atoms with E-state index in [1.165, 1.54) is 29.2 Å². The van der Waals surface area contributed by atoms with E-state index in [9.17, 15) is 19.1 Å². The van der Waals surface area contributed by atoms with Gasteiger partial charge in [-0.05, 0) is 42.8 Å². The second-order valence-corrected chi connectivity index (χ2v) is 6.91. The zero-order valence-corrected chi connectivity index (χ0v) is 16.0. The largest absolute Gasteiger partial charge is 0.507 e. The standard InChI is InChI=1S/C22H19FN4O3/c23-16-7-5-15(6-8-16)20(28)18-19(17-4-1-2-9-25-17)27(22(30)21(18)29)12-3-11-26-13-10-24-14-26/h1-2,4-10,13-14,19,28H,3,11-12H2/b20-18+/t19-/m1/s1. The van der Waals surface area contributed by atoms with Crippen LogP contribution < -0.4 is 0 Å². The molecule has 0 spiro atoms. The molecule has 0 bridgehead atoms. The first kappa shape index (κ1) is 19.5. The molecule has 1 fully saturated rings. The van der Waals surface area contributed by atoms with E-state index in [4.69, 9.17) is 0 Å². The molecule has 4 rings (SSSR count). The minimum absolute atomic E-state index is 0.0482. The van der Waals surface area contributed by atoms with Crippen molar-refractivity contribution in [2.24, 2.45) is 0 Å². The van der Waals surface area contributed by atoms with Crippen molar-refractivity contribution in [3.05, 3.63) is 90.0 Å². The number of amides is 1. The smallest absolute Gasteiger partial charge is 0.295 e. The molecule has 0 aliphatic carbocycles. The third-order valence-electron chi connectivity index (χ3n) is 5.00. The van der Waals surface area contributed by atoms with Crippen LogP contribution in [0.3, 0.4) is 0 Å². The average Bonchev–Trinajstić information content (AvgIpc) is 3.37. The summed E-state index contributed by atoms with van der Waals surface area (Å²) in [6.45, 7) is 0.917. The van der Waals surface area contributed by atoms with Gasteiger partial charge in [-0.1, -0.05) is 6.07 Å². The first-order valence-electron chi connectivity index (χ1n) is 9.47. The summed E-state index contributed by atoms with van der Waals surface area (Å²) in [7, 11) is 0. The first-order valence-corrected chi connectivity index (χ1v) is 9.47. The van der Waals surface area contributed by atoms with E-state index in [2.05, 4.69) is 9.97 Å². The van der Waals surface area contributed by atoms with Crippen molar-refractivity contribution in [2.45, 2.75) is 19.0 Å². The summed E-state index contributed by atoms with van der Waals surface area (Å²) >= 11 is 0. The molecule has 1 amide bonds. The third kappa shape index (κ3) is 3.71. The first-order chi connectivity index (χ1) is 14.6. The fourth-order valence-corrected chi connectivity index (χ4v) is 3.56. The van der Waals surface area contributed by atoms with Gasteiger partial charge in [-0.15, -0.1) is 0 Å². The maximum atomic E-state index is 13.3. The summed E-state index contributed by atoms with van der Waals surface area (Å²) in [6.07, 6.45) is 7.32. The molecule has 8 heteroatoms. The number of carbonyl (C=O) groups excluding carboxylic acids is 2. The SMILES string of the molecule is O=C1C(=O)N(CCCn2ccnc2)[C@H](c2ccccn2)/C1=C(\O)c1ccc(F)cc1. The van der Waals surface area contributed by atoms with Gasteiger partial charge in [-0.3, -0.25) is 14.6 Å². The van der Waals surface area contributed by atoms with Crippen LogP contribution in [0, 0.1) is 5.82 Å². The van der Waals surface area contributed by atoms with Gasteiger partial charge in [0.25, 0.3) is 11.7 Å². The molecule has 1 aliphatic heterocycles. The maximum Gasteiger partial charge on any atom is 0.295 e. The number of halogens is 1. The molecule has 152 valence electrons. The van der Waals surface area contributed by atoms with Crippen molar-refractivity contribution in [1.82, 2.24) is 19.4 Å². The highest BCUT2D eigenvalue weighted by atomic mass is 19.1. The van der Waals surface area contributed by atoms with Crippen molar-refractivity contribution in [3.63, 3.8) is 0 Å². The number of aromatic nitrogens is 3. The van der Waals surface area contributed by atoms with Crippen molar-refractivity contribution in [2.75, 3.05) is 6.54 Å². The Morgan fingerprint density at radius 2 is 1.87 bits per heavy atom. The lowest BCUT2D eigenvalue weighted by molar-refractivity contribution is -0.140. The summed E-state index contributed by atoms with van der Waals surface area (Å²) in [5, 5.41) is 10.8. The molecule has 1 aromatic carbocycles. The summed E-state index contributed by atoms with van der Waals surface area (Å²) in [6, 6.07) is 9.48. The summed E-state index contributed by atoms with van der Waals surface area (Å²) < 4.78 is 15.2. The zero-order valence-electron chi connectivity index (χ0n) is 16.0. The summed E-state index contributed by atoms with van der Waals surface area (Å²) in [4.78, 5) is 35.4. The van der Waals surface area contributed by atoms with Gasteiger partial charge < -0.3 is 14.6 Å². The van der Waals surface area contributed by atoms with Crippen LogP contribution in [-0.2, 0) is 16.1 Å². The highest BCUT2D eigenvalue weighted by Crippen LogP contribution is 2.38. The third-order valence-corrected chi connectivity index (χ3v) is 5.00. The van der Waals surface area contributed by atoms with Crippen LogP contribution in [0.25, 0.3) is 5.76 Å². The number of aryl methyl sites for hydroxylation is 1. The number of nitrogens with zero attached hydrogens (tertiary/aromatic N) is 4. The Morgan fingerprint density at radius 1 is 1.07 bits per heavy atom. The average molecular weight is 406 g/mol. The molecule has 0 radical (unpaired) electrons. The van der Waals surface area contributed by atoms with E-state index in [1.807, 2.05) is 10.8 Å². The second-order valence-electron chi connectivity index (χ2n) is 6.91. The number of aliphatic hydroxyl groups excluding tert-OH is 1. The van der Waals surface area contributed by atoms with Gasteiger partial charge in [0.1, 0.15) is 17.6 Å². The number of imidazole rings is 1. The number of carbonyl (C=O) groups is 2. The fourth-order valence-electron chi connectivity index (χ4n) is 3.56. The minimum atomic E-state index is -0.820. The molecule has 2 aromatic heterocycles. The van der Waals surface area contributed by atoms with Gasteiger partial charge in [0.15, 0.2) is 0 Å². The maximum absolute atomic E-state index is 13.3. The molecule has 3 aromatic rings. The Hall–Kier alpha value is -3.81. The molecule has 1 saturated heterocycles. The van der Waals surface area contributed by atoms with E-state index in [1.54, 1.807) is 36.9 Å². The summed E-state index contributed by atoms with van der Waals surface area (Å²) in [5.74, 6) is -2.29. The van der Waals surface area contributed by atoms with Crippen molar-refractivity contribution < 1.29 is 19.1 Å². The van der Waals surface area contributed by atoms with Gasteiger partial charge in [-0.25, -0.2) is 9.37 Å². The van der Waals surface area contributed by atoms with Crippen LogP contribution in [0.15, 0.2) is 73.0 Å². The van der Waals surface area contributed by atoms with Crippen LogP contribution in [0.4, 0.5) is 4.39 Å². The Morgan fingerprint density at radius 3 is 2.53 bits per heavy atom. The molecule has 0 saturated carbocycles. The number of Topliss-reactive ketones (excluding diaryl/α,β-unsaturated/α-hetero) is 1. The van der Waals surface area contributed by atoms with E-state index in [0.29, 0.717) is 25.2 Å². The molecular formula is C22H19FN4O3. The van der Waals surface area contributed by atoms with Gasteiger partial charge in [0.05, 0.1) is 17.6 Å². The predicted octanol–water partition coefficient (Wildman–Crippen LogP) is 2.93. The number of ketones is 1. The van der Waals surface area contributed by atoms with Crippen LogP contribution >= 0.6 is 0 Å². The van der Waals surface area contributed by atoms with E-state index < -0.39 is 23.5 Å². The zero-order chi connectivity index (χ0) is 21.1. The van der Waals surface area contributed by atoms with Gasteiger partial charge in [0, 0.05) is 37.2 Å². The van der Waals surface area contributed by atoms with Crippen molar-refractivity contribution in [1.29, 1.82) is 0 Å².